The van der Waals surface area contributed by atoms with Crippen molar-refractivity contribution in [2.75, 3.05) is 4.31 Å². The van der Waals surface area contributed by atoms with Crippen molar-refractivity contribution in [2.45, 2.75) is 30.8 Å². The maximum atomic E-state index is 14.9. The maximum Gasteiger partial charge on any atom is 0.264 e. The molecule has 11 heteroatoms. The minimum Gasteiger partial charge on any atom is -0.256 e. The van der Waals surface area contributed by atoms with E-state index in [1.165, 1.54) is 30.6 Å². The minimum atomic E-state index is -4.30. The van der Waals surface area contributed by atoms with Crippen LogP contribution in [-0.4, -0.2) is 28.6 Å². The number of hydrogen-bond donors (Lipinski definition) is 0. The van der Waals surface area contributed by atoms with E-state index in [1.807, 2.05) is 12.1 Å². The zero-order valence-electron chi connectivity index (χ0n) is 18.0. The summed E-state index contributed by atoms with van der Waals surface area (Å²) in [5.74, 6) is -1.62. The van der Waals surface area contributed by atoms with Crippen LogP contribution in [0.5, 0.6) is 0 Å². The van der Waals surface area contributed by atoms with Crippen LogP contribution in [-0.2, 0) is 23.0 Å². The molecule has 1 atom stereocenters. The van der Waals surface area contributed by atoms with Gasteiger partial charge in [-0.05, 0) is 71.3 Å². The quantitative estimate of drug-likeness (QED) is 0.345. The van der Waals surface area contributed by atoms with E-state index in [4.69, 9.17) is 11.6 Å². The highest BCUT2D eigenvalue weighted by Crippen LogP contribution is 2.36. The lowest BCUT2D eigenvalue weighted by molar-refractivity contribution is 0.566. The van der Waals surface area contributed by atoms with Gasteiger partial charge in [0.05, 0.1) is 16.6 Å². The third-order valence-corrected chi connectivity index (χ3v) is 7.53. The highest BCUT2D eigenvalue weighted by molar-refractivity contribution is 7.92. The Morgan fingerprint density at radius 2 is 1.79 bits per heavy atom. The van der Waals surface area contributed by atoms with Gasteiger partial charge in [0.15, 0.2) is 0 Å². The normalized spacial score (nSPS) is 12.5. The molecule has 0 aliphatic heterocycles. The summed E-state index contributed by atoms with van der Waals surface area (Å²) < 4.78 is 59.0. The smallest absolute Gasteiger partial charge is 0.256 e. The fourth-order valence-corrected chi connectivity index (χ4v) is 5.50. The second kappa shape index (κ2) is 9.86. The van der Waals surface area contributed by atoms with Crippen molar-refractivity contribution in [3.63, 3.8) is 0 Å². The number of benzene rings is 3. The SMILES string of the molecule is CC(c1ccccc1CCn1cnnn1)N(c1cc(F)ccc1F)S(=O)(=O)c1ccc(Cl)cc1. The Hall–Kier alpha value is -3.37. The lowest BCUT2D eigenvalue weighted by Gasteiger charge is -2.32. The largest absolute Gasteiger partial charge is 0.264 e. The number of halogens is 3. The van der Waals surface area contributed by atoms with Gasteiger partial charge in [-0.25, -0.2) is 21.9 Å². The molecular formula is C23H20ClF2N5O2S. The molecule has 0 N–H and O–H groups in total. The highest BCUT2D eigenvalue weighted by atomic mass is 35.5. The monoisotopic (exact) mass is 503 g/mol. The van der Waals surface area contributed by atoms with Gasteiger partial charge in [-0.2, -0.15) is 0 Å². The third kappa shape index (κ3) is 4.92. The van der Waals surface area contributed by atoms with Crippen LogP contribution in [0, 0.1) is 11.6 Å². The maximum absolute atomic E-state index is 14.9. The van der Waals surface area contributed by atoms with Crippen LogP contribution in [0.25, 0.3) is 0 Å². The van der Waals surface area contributed by atoms with E-state index in [-0.39, 0.29) is 4.90 Å². The molecule has 176 valence electrons. The van der Waals surface area contributed by atoms with Gasteiger partial charge < -0.3 is 0 Å². The molecule has 3 aromatic carbocycles. The van der Waals surface area contributed by atoms with Crippen LogP contribution >= 0.6 is 11.6 Å². The van der Waals surface area contributed by atoms with Gasteiger partial charge in [-0.3, -0.25) is 4.31 Å². The van der Waals surface area contributed by atoms with Crippen LogP contribution < -0.4 is 4.31 Å². The average Bonchev–Trinajstić information content (AvgIpc) is 3.34. The van der Waals surface area contributed by atoms with Gasteiger partial charge in [-0.15, -0.1) is 5.10 Å². The Kier molecular flexibility index (Phi) is 6.90. The molecule has 0 spiro atoms. The van der Waals surface area contributed by atoms with Crippen molar-refractivity contribution in [1.29, 1.82) is 0 Å². The van der Waals surface area contributed by atoms with E-state index >= 15 is 0 Å². The van der Waals surface area contributed by atoms with Gasteiger partial charge in [0, 0.05) is 17.6 Å². The Morgan fingerprint density at radius 3 is 2.50 bits per heavy atom. The van der Waals surface area contributed by atoms with Gasteiger partial charge in [-0.1, -0.05) is 35.9 Å². The number of tetrazole rings is 1. The van der Waals surface area contributed by atoms with E-state index in [0.717, 1.165) is 28.1 Å². The minimum absolute atomic E-state index is 0.0985. The lowest BCUT2D eigenvalue weighted by atomic mass is 9.98. The second-order valence-corrected chi connectivity index (χ2v) is 9.80. The number of aromatic nitrogens is 4. The summed E-state index contributed by atoms with van der Waals surface area (Å²) in [7, 11) is -4.30. The fourth-order valence-electron chi connectivity index (χ4n) is 3.73. The predicted octanol–water partition coefficient (Wildman–Crippen LogP) is 4.80. The zero-order valence-corrected chi connectivity index (χ0v) is 19.6. The highest BCUT2D eigenvalue weighted by Gasteiger charge is 2.33. The van der Waals surface area contributed by atoms with Gasteiger partial charge >= 0.3 is 0 Å². The van der Waals surface area contributed by atoms with Crippen LogP contribution in [0.2, 0.25) is 5.02 Å². The van der Waals surface area contributed by atoms with Crippen LogP contribution in [0.3, 0.4) is 0 Å². The first-order valence-corrected chi connectivity index (χ1v) is 12.1. The van der Waals surface area contributed by atoms with Crippen molar-refractivity contribution in [3.05, 3.63) is 101 Å². The van der Waals surface area contributed by atoms with E-state index in [1.54, 1.807) is 23.7 Å². The number of aryl methyl sites for hydroxylation is 2. The molecule has 0 aliphatic carbocycles. The first-order valence-electron chi connectivity index (χ1n) is 10.3. The van der Waals surface area contributed by atoms with Crippen LogP contribution in [0.1, 0.15) is 24.1 Å². The summed E-state index contributed by atoms with van der Waals surface area (Å²) in [5.41, 5.74) is 1.06. The van der Waals surface area contributed by atoms with E-state index in [9.17, 15) is 17.2 Å². The number of hydrogen-bond acceptors (Lipinski definition) is 5. The van der Waals surface area contributed by atoms with Gasteiger partial charge in [0.2, 0.25) is 0 Å². The molecule has 1 heterocycles. The standard InChI is InChI=1S/C23H20ClF2N5O2S/c1-16(21-5-3-2-4-17(21)12-13-30-15-27-28-29-30)31(23-14-19(25)8-11-22(23)26)34(32,33)20-9-6-18(24)7-10-20/h2-11,14-16H,12-13H2,1H3. The van der Waals surface area contributed by atoms with Gasteiger partial charge in [0.25, 0.3) is 10.0 Å². The van der Waals surface area contributed by atoms with E-state index < -0.39 is 33.4 Å². The first-order chi connectivity index (χ1) is 16.3. The Bertz CT molecular complexity index is 1380. The summed E-state index contributed by atoms with van der Waals surface area (Å²) >= 11 is 5.93. The van der Waals surface area contributed by atoms with Crippen molar-refractivity contribution in [1.82, 2.24) is 20.2 Å². The molecule has 0 saturated carbocycles. The molecule has 0 aliphatic rings. The Morgan fingerprint density at radius 1 is 1.06 bits per heavy atom. The molecule has 0 bridgehead atoms. The molecule has 34 heavy (non-hydrogen) atoms. The zero-order chi connectivity index (χ0) is 24.3. The lowest BCUT2D eigenvalue weighted by Crippen LogP contribution is -2.35. The Balaban J connectivity index is 1.81. The molecule has 0 saturated heterocycles. The molecule has 0 amide bonds. The van der Waals surface area contributed by atoms with Crippen molar-refractivity contribution in [3.8, 4) is 0 Å². The molecule has 1 aromatic heterocycles. The summed E-state index contributed by atoms with van der Waals surface area (Å²) in [6.45, 7) is 2.09. The Labute approximate surface area is 200 Å². The van der Waals surface area contributed by atoms with Crippen LogP contribution in [0.15, 0.2) is 78.0 Å². The van der Waals surface area contributed by atoms with Crippen molar-refractivity contribution in [2.24, 2.45) is 0 Å². The predicted molar refractivity (Wildman–Crippen MR) is 124 cm³/mol. The molecule has 1 unspecified atom stereocenters. The molecule has 4 rings (SSSR count). The number of rotatable bonds is 8. The number of sulfonamides is 1. The van der Waals surface area contributed by atoms with E-state index in [2.05, 4.69) is 15.5 Å². The van der Waals surface area contributed by atoms with E-state index in [0.29, 0.717) is 23.6 Å². The molecule has 7 nitrogen and oxygen atoms in total. The number of anilines is 1. The topological polar surface area (TPSA) is 81.0 Å². The first kappa shape index (κ1) is 23.8. The van der Waals surface area contributed by atoms with Gasteiger partial charge in [0.1, 0.15) is 18.0 Å². The molecule has 0 fully saturated rings. The van der Waals surface area contributed by atoms with Crippen LogP contribution in [0.4, 0.5) is 14.5 Å². The van der Waals surface area contributed by atoms with Crippen molar-refractivity contribution >= 4 is 27.3 Å². The number of nitrogens with zero attached hydrogens (tertiary/aromatic N) is 5. The second-order valence-electron chi connectivity index (χ2n) is 7.55. The summed E-state index contributed by atoms with van der Waals surface area (Å²) in [5, 5.41) is 11.4. The summed E-state index contributed by atoms with van der Waals surface area (Å²) in [6, 6.07) is 14.6. The third-order valence-electron chi connectivity index (χ3n) is 5.37. The summed E-state index contributed by atoms with van der Waals surface area (Å²) in [4.78, 5) is -0.0985. The average molecular weight is 504 g/mol. The fraction of sp³-hybridized carbons (Fsp3) is 0.174. The van der Waals surface area contributed by atoms with Crippen molar-refractivity contribution < 1.29 is 17.2 Å². The summed E-state index contributed by atoms with van der Waals surface area (Å²) in [6.07, 6.45) is 1.97. The molecule has 4 aromatic rings. The molecular weight excluding hydrogens is 484 g/mol. The molecule has 0 radical (unpaired) electrons.